The van der Waals surface area contributed by atoms with Crippen LogP contribution < -0.4 is 5.32 Å². The van der Waals surface area contributed by atoms with Crippen LogP contribution >= 0.6 is 0 Å². The summed E-state index contributed by atoms with van der Waals surface area (Å²) in [6, 6.07) is 7.45. The number of methoxy groups -OCH3 is 1. The van der Waals surface area contributed by atoms with Gasteiger partial charge in [-0.3, -0.25) is 4.90 Å². The van der Waals surface area contributed by atoms with E-state index in [1.165, 1.54) is 25.7 Å². The van der Waals surface area contributed by atoms with Gasteiger partial charge in [0.15, 0.2) is 0 Å². The van der Waals surface area contributed by atoms with Crippen molar-refractivity contribution in [2.24, 2.45) is 0 Å². The summed E-state index contributed by atoms with van der Waals surface area (Å²) in [5.74, 6) is 0.947. The Bertz CT molecular complexity index is 725. The van der Waals surface area contributed by atoms with E-state index in [9.17, 15) is 0 Å². The molecule has 1 aromatic carbocycles. The monoisotopic (exact) mass is 356 g/mol. The maximum Gasteiger partial charge on any atom is 0.137 e. The highest BCUT2D eigenvalue weighted by atomic mass is 16.5. The Morgan fingerprint density at radius 2 is 1.96 bits per heavy atom. The molecule has 140 valence electrons. The van der Waals surface area contributed by atoms with E-state index >= 15 is 0 Å². The third kappa shape index (κ3) is 3.98. The lowest BCUT2D eigenvalue weighted by Gasteiger charge is -2.39. The second kappa shape index (κ2) is 8.29. The van der Waals surface area contributed by atoms with Crippen LogP contribution in [0.5, 0.6) is 0 Å². The van der Waals surface area contributed by atoms with Crippen LogP contribution in [0.15, 0.2) is 24.5 Å². The number of benzene rings is 1. The molecule has 2 aliphatic rings. The highest BCUT2D eigenvalue weighted by molar-refractivity contribution is 5.89. The average Bonchev–Trinajstić information content (AvgIpc) is 2.70. The van der Waals surface area contributed by atoms with E-state index < -0.39 is 0 Å². The highest BCUT2D eigenvalue weighted by Gasteiger charge is 2.27. The maximum absolute atomic E-state index is 5.48. The fraction of sp³-hybridized carbons (Fsp3) is 0.600. The van der Waals surface area contributed by atoms with E-state index in [0.29, 0.717) is 18.7 Å². The predicted octanol–water partition coefficient (Wildman–Crippen LogP) is 2.83. The number of nitrogens with one attached hydrogen (secondary N) is 1. The minimum atomic E-state index is 0.483. The van der Waals surface area contributed by atoms with Gasteiger partial charge in [-0.1, -0.05) is 6.07 Å². The normalized spacial score (nSPS) is 24.7. The smallest absolute Gasteiger partial charge is 0.137 e. The molecule has 6 nitrogen and oxygen atoms in total. The number of hydrogen-bond donors (Lipinski definition) is 1. The first-order chi connectivity index (χ1) is 12.8. The van der Waals surface area contributed by atoms with Crippen LogP contribution in [0.25, 0.3) is 10.9 Å². The van der Waals surface area contributed by atoms with Gasteiger partial charge >= 0.3 is 0 Å². The van der Waals surface area contributed by atoms with Gasteiger partial charge in [-0.05, 0) is 43.4 Å². The molecule has 0 radical (unpaired) electrons. The van der Waals surface area contributed by atoms with E-state index in [4.69, 9.17) is 9.47 Å². The molecule has 4 rings (SSSR count). The molecule has 2 aromatic rings. The summed E-state index contributed by atoms with van der Waals surface area (Å²) in [5.41, 5.74) is 2.12. The Kier molecular flexibility index (Phi) is 5.62. The molecule has 1 saturated carbocycles. The van der Waals surface area contributed by atoms with E-state index in [0.717, 1.165) is 48.6 Å². The van der Waals surface area contributed by atoms with Gasteiger partial charge in [0.05, 0.1) is 25.3 Å². The summed E-state index contributed by atoms with van der Waals surface area (Å²) in [7, 11) is 1.72. The van der Waals surface area contributed by atoms with Gasteiger partial charge in [0.25, 0.3) is 0 Å². The summed E-state index contributed by atoms with van der Waals surface area (Å²) in [5, 5.41) is 4.76. The third-order valence-electron chi connectivity index (χ3n) is 5.61. The van der Waals surface area contributed by atoms with Crippen LogP contribution in [-0.4, -0.2) is 60.4 Å². The Balaban J connectivity index is 1.42. The van der Waals surface area contributed by atoms with E-state index in [-0.39, 0.29) is 0 Å². The van der Waals surface area contributed by atoms with Crippen molar-refractivity contribution in [3.05, 3.63) is 30.1 Å². The molecule has 0 spiro atoms. The maximum atomic E-state index is 5.48. The Labute approximate surface area is 154 Å². The van der Waals surface area contributed by atoms with Crippen molar-refractivity contribution < 1.29 is 9.47 Å². The molecule has 6 heteroatoms. The average molecular weight is 356 g/mol. The van der Waals surface area contributed by atoms with Crippen molar-refractivity contribution in [2.75, 3.05) is 38.7 Å². The van der Waals surface area contributed by atoms with Crippen molar-refractivity contribution in [1.29, 1.82) is 0 Å². The second-order valence-corrected chi connectivity index (χ2v) is 7.30. The topological polar surface area (TPSA) is 59.5 Å². The first-order valence-electron chi connectivity index (χ1n) is 9.64. The van der Waals surface area contributed by atoms with Crippen LogP contribution in [-0.2, 0) is 16.1 Å². The first kappa shape index (κ1) is 17.6. The van der Waals surface area contributed by atoms with Crippen LogP contribution in [0.3, 0.4) is 0 Å². The molecule has 0 bridgehead atoms. The number of aromatic nitrogens is 2. The summed E-state index contributed by atoms with van der Waals surface area (Å²) in [6.45, 7) is 4.54. The lowest BCUT2D eigenvalue weighted by atomic mass is 9.90. The molecule has 2 heterocycles. The van der Waals surface area contributed by atoms with Crippen LogP contribution in [0.1, 0.15) is 31.2 Å². The number of anilines is 1. The molecule has 2 fully saturated rings. The molecular formula is C20H28N4O2. The standard InChI is InChI=1S/C20H28N4O2/c1-25-13-15-2-7-19-18(12-15)20(22-14-21-19)23-16-3-5-17(6-4-16)24-8-10-26-11-9-24/h2,7,12,14,16-17H,3-6,8-11,13H2,1H3,(H,21,22,23)/t16-,17-. The van der Waals surface area contributed by atoms with Gasteiger partial charge in [-0.2, -0.15) is 0 Å². The number of morpholine rings is 1. The van der Waals surface area contributed by atoms with Crippen LogP contribution in [0.2, 0.25) is 0 Å². The minimum absolute atomic E-state index is 0.483. The third-order valence-corrected chi connectivity index (χ3v) is 5.61. The van der Waals surface area contributed by atoms with Gasteiger partial charge in [0, 0.05) is 37.7 Å². The Morgan fingerprint density at radius 3 is 2.73 bits per heavy atom. The zero-order chi connectivity index (χ0) is 17.8. The van der Waals surface area contributed by atoms with Crippen molar-refractivity contribution >= 4 is 16.7 Å². The largest absolute Gasteiger partial charge is 0.380 e. The van der Waals surface area contributed by atoms with Gasteiger partial charge in [-0.25, -0.2) is 9.97 Å². The number of ether oxygens (including phenoxy) is 2. The van der Waals surface area contributed by atoms with Gasteiger partial charge in [-0.15, -0.1) is 0 Å². The van der Waals surface area contributed by atoms with E-state index in [1.807, 2.05) is 6.07 Å². The molecule has 1 aliphatic carbocycles. The lowest BCUT2D eigenvalue weighted by Crippen LogP contribution is -2.46. The molecule has 1 aliphatic heterocycles. The van der Waals surface area contributed by atoms with Crippen molar-refractivity contribution in [1.82, 2.24) is 14.9 Å². The number of nitrogens with zero attached hydrogens (tertiary/aromatic N) is 3. The molecule has 1 saturated heterocycles. The zero-order valence-electron chi connectivity index (χ0n) is 15.5. The Hall–Kier alpha value is -1.76. The first-order valence-corrected chi connectivity index (χ1v) is 9.64. The summed E-state index contributed by atoms with van der Waals surface area (Å²) in [4.78, 5) is 11.5. The highest BCUT2D eigenvalue weighted by Crippen LogP contribution is 2.28. The van der Waals surface area contributed by atoms with Gasteiger partial charge in [0.2, 0.25) is 0 Å². The number of fused-ring (bicyclic) bond motifs is 1. The van der Waals surface area contributed by atoms with Crippen LogP contribution in [0, 0.1) is 0 Å². The van der Waals surface area contributed by atoms with Crippen molar-refractivity contribution in [3.8, 4) is 0 Å². The minimum Gasteiger partial charge on any atom is -0.380 e. The second-order valence-electron chi connectivity index (χ2n) is 7.30. The molecular weight excluding hydrogens is 328 g/mol. The summed E-state index contributed by atoms with van der Waals surface area (Å²) in [6.07, 6.45) is 6.52. The number of rotatable bonds is 5. The van der Waals surface area contributed by atoms with Gasteiger partial charge in [0.1, 0.15) is 12.1 Å². The summed E-state index contributed by atoms with van der Waals surface area (Å²) >= 11 is 0. The zero-order valence-corrected chi connectivity index (χ0v) is 15.5. The van der Waals surface area contributed by atoms with Crippen molar-refractivity contribution in [2.45, 2.75) is 44.4 Å². The molecule has 0 atom stereocenters. The van der Waals surface area contributed by atoms with Gasteiger partial charge < -0.3 is 14.8 Å². The SMILES string of the molecule is COCc1ccc2ncnc(N[C@H]3CC[C@H](N4CCOCC4)CC3)c2c1. The van der Waals surface area contributed by atoms with E-state index in [1.54, 1.807) is 13.4 Å². The van der Waals surface area contributed by atoms with Crippen molar-refractivity contribution in [3.63, 3.8) is 0 Å². The fourth-order valence-corrected chi connectivity index (χ4v) is 4.20. The molecule has 1 N–H and O–H groups in total. The molecule has 26 heavy (non-hydrogen) atoms. The van der Waals surface area contributed by atoms with Crippen LogP contribution in [0.4, 0.5) is 5.82 Å². The number of hydrogen-bond acceptors (Lipinski definition) is 6. The molecule has 0 unspecified atom stereocenters. The molecule has 0 amide bonds. The van der Waals surface area contributed by atoms with E-state index in [2.05, 4.69) is 32.3 Å². The molecule has 1 aromatic heterocycles. The quantitative estimate of drug-likeness (QED) is 0.889. The Morgan fingerprint density at radius 1 is 1.15 bits per heavy atom. The lowest BCUT2D eigenvalue weighted by molar-refractivity contribution is 0.00791. The predicted molar refractivity (Wildman–Crippen MR) is 102 cm³/mol. The summed E-state index contributed by atoms with van der Waals surface area (Å²) < 4.78 is 10.7. The fourth-order valence-electron chi connectivity index (χ4n) is 4.20.